The van der Waals surface area contributed by atoms with E-state index in [1.807, 2.05) is 12.1 Å². The molecule has 2 heterocycles. The molecular formula is C44H32BN3. The molecule has 2 bridgehead atoms. The molecule has 3 nitrogen and oxygen atoms in total. The van der Waals surface area contributed by atoms with Crippen molar-refractivity contribution in [3.05, 3.63) is 150 Å². The fraction of sp³-hybridized carbons (Fsp3) is 0.159. The highest BCUT2D eigenvalue weighted by atomic mass is 15.2. The minimum Gasteiger partial charge on any atom is -0.311 e. The molecule has 3 atom stereocenters. The lowest BCUT2D eigenvalue weighted by Gasteiger charge is -2.45. The Morgan fingerprint density at radius 2 is 1.31 bits per heavy atom. The number of nitrogens with zero attached hydrogens (tertiary/aromatic N) is 3. The number of fused-ring (bicyclic) bond motifs is 12. The third kappa shape index (κ3) is 3.29. The van der Waals surface area contributed by atoms with Crippen molar-refractivity contribution in [1.29, 1.82) is 5.26 Å². The van der Waals surface area contributed by atoms with Crippen LogP contribution >= 0.6 is 0 Å². The van der Waals surface area contributed by atoms with Crippen LogP contribution in [0.2, 0.25) is 0 Å². The molecule has 1 spiro atoms. The summed E-state index contributed by atoms with van der Waals surface area (Å²) in [4.78, 5) is 4.92. The zero-order valence-electron chi connectivity index (χ0n) is 26.6. The summed E-state index contributed by atoms with van der Waals surface area (Å²) in [5.74, 6) is 1.53. The Hall–Kier alpha value is -5.53. The Labute approximate surface area is 281 Å². The second-order valence-electron chi connectivity index (χ2n) is 14.4. The van der Waals surface area contributed by atoms with Crippen molar-refractivity contribution in [2.45, 2.75) is 31.1 Å². The van der Waals surface area contributed by atoms with E-state index in [1.54, 1.807) is 11.1 Å². The summed E-state index contributed by atoms with van der Waals surface area (Å²) in [5, 5.41) is 9.67. The van der Waals surface area contributed by atoms with E-state index in [4.69, 9.17) is 0 Å². The summed E-state index contributed by atoms with van der Waals surface area (Å²) in [6, 6.07) is 51.6. The van der Waals surface area contributed by atoms with Crippen LogP contribution in [0.3, 0.4) is 0 Å². The van der Waals surface area contributed by atoms with Gasteiger partial charge in [0.05, 0.1) is 11.6 Å². The zero-order chi connectivity index (χ0) is 31.6. The summed E-state index contributed by atoms with van der Waals surface area (Å²) in [7, 11) is 0. The SMILES string of the molecule is N#Cc1ccc(N2c3cc4c(cc3B3c5ccccc5N(c5ccccc5)c5cccc2c53)C2(CC3CCC2C3)c2ccccc2-4)cc1. The van der Waals surface area contributed by atoms with Crippen LogP contribution in [-0.2, 0) is 5.41 Å². The molecule has 2 saturated carbocycles. The molecule has 0 amide bonds. The van der Waals surface area contributed by atoms with Crippen LogP contribution in [0.1, 0.15) is 42.4 Å². The maximum Gasteiger partial charge on any atom is 0.252 e. The molecule has 0 N–H and O–H groups in total. The molecule has 226 valence electrons. The number of hydrogen-bond donors (Lipinski definition) is 0. The summed E-state index contributed by atoms with van der Waals surface area (Å²) in [6.45, 7) is 0.0987. The normalized spacial score (nSPS) is 21.8. The summed E-state index contributed by atoms with van der Waals surface area (Å²) in [6.07, 6.45) is 5.33. The highest BCUT2D eigenvalue weighted by Crippen LogP contribution is 2.66. The molecule has 4 heteroatoms. The highest BCUT2D eigenvalue weighted by molar-refractivity contribution is 7.00. The van der Waals surface area contributed by atoms with Crippen molar-refractivity contribution < 1.29 is 0 Å². The van der Waals surface area contributed by atoms with Gasteiger partial charge in [-0.1, -0.05) is 79.2 Å². The van der Waals surface area contributed by atoms with Gasteiger partial charge in [-0.25, -0.2) is 0 Å². The van der Waals surface area contributed by atoms with Gasteiger partial charge in [-0.2, -0.15) is 5.26 Å². The van der Waals surface area contributed by atoms with Gasteiger partial charge in [0.1, 0.15) is 0 Å². The van der Waals surface area contributed by atoms with Crippen LogP contribution in [0.5, 0.6) is 0 Å². The first kappa shape index (κ1) is 26.5. The second-order valence-corrected chi connectivity index (χ2v) is 14.4. The molecule has 3 aliphatic carbocycles. The molecule has 3 unspecified atom stereocenters. The van der Waals surface area contributed by atoms with Crippen molar-refractivity contribution in [2.75, 3.05) is 9.80 Å². The van der Waals surface area contributed by atoms with Gasteiger partial charge in [-0.3, -0.25) is 0 Å². The van der Waals surface area contributed by atoms with Gasteiger partial charge in [0.25, 0.3) is 6.71 Å². The first-order valence-electron chi connectivity index (χ1n) is 17.4. The van der Waals surface area contributed by atoms with Gasteiger partial charge in [-0.05, 0) is 130 Å². The van der Waals surface area contributed by atoms with Crippen molar-refractivity contribution in [2.24, 2.45) is 11.8 Å². The number of para-hydroxylation sites is 2. The van der Waals surface area contributed by atoms with Gasteiger partial charge in [-0.15, -0.1) is 0 Å². The topological polar surface area (TPSA) is 30.3 Å². The summed E-state index contributed by atoms with van der Waals surface area (Å²) >= 11 is 0. The average molecular weight is 614 g/mol. The molecule has 48 heavy (non-hydrogen) atoms. The summed E-state index contributed by atoms with van der Waals surface area (Å²) in [5.41, 5.74) is 17.9. The van der Waals surface area contributed by atoms with E-state index < -0.39 is 0 Å². The number of nitriles is 1. The zero-order valence-corrected chi connectivity index (χ0v) is 26.6. The van der Waals surface area contributed by atoms with E-state index in [2.05, 4.69) is 137 Å². The van der Waals surface area contributed by atoms with E-state index in [0.717, 1.165) is 17.3 Å². The Morgan fingerprint density at radius 1 is 0.604 bits per heavy atom. The molecular weight excluding hydrogens is 581 g/mol. The van der Waals surface area contributed by atoms with Gasteiger partial charge in [0.15, 0.2) is 0 Å². The summed E-state index contributed by atoms with van der Waals surface area (Å²) < 4.78 is 0. The van der Waals surface area contributed by atoms with E-state index >= 15 is 0 Å². The molecule has 5 aliphatic rings. The molecule has 6 aromatic rings. The Bertz CT molecular complexity index is 2360. The van der Waals surface area contributed by atoms with Crippen LogP contribution < -0.4 is 26.2 Å². The molecule has 0 aromatic heterocycles. The smallest absolute Gasteiger partial charge is 0.252 e. The van der Waals surface area contributed by atoms with Gasteiger partial charge < -0.3 is 9.80 Å². The Balaban J connectivity index is 1.24. The largest absolute Gasteiger partial charge is 0.311 e. The molecule has 6 aromatic carbocycles. The molecule has 2 fully saturated rings. The maximum atomic E-state index is 9.67. The Morgan fingerprint density at radius 3 is 2.08 bits per heavy atom. The van der Waals surface area contributed by atoms with E-state index in [-0.39, 0.29) is 12.1 Å². The van der Waals surface area contributed by atoms with Crippen LogP contribution in [0, 0.1) is 23.2 Å². The molecule has 11 rings (SSSR count). The minimum absolute atomic E-state index is 0.0987. The quantitative estimate of drug-likeness (QED) is 0.183. The third-order valence-corrected chi connectivity index (χ3v) is 12.3. The third-order valence-electron chi connectivity index (χ3n) is 12.3. The first-order chi connectivity index (χ1) is 23.7. The van der Waals surface area contributed by atoms with Gasteiger partial charge >= 0.3 is 0 Å². The van der Waals surface area contributed by atoms with Crippen LogP contribution in [-0.4, -0.2) is 6.71 Å². The second kappa shape index (κ2) is 9.52. The fourth-order valence-corrected chi connectivity index (χ4v) is 10.6. The first-order valence-corrected chi connectivity index (χ1v) is 17.4. The number of hydrogen-bond acceptors (Lipinski definition) is 3. The number of benzene rings is 6. The molecule has 0 saturated heterocycles. The van der Waals surface area contributed by atoms with Crippen LogP contribution in [0.15, 0.2) is 133 Å². The van der Waals surface area contributed by atoms with Crippen LogP contribution in [0.25, 0.3) is 11.1 Å². The monoisotopic (exact) mass is 613 g/mol. The van der Waals surface area contributed by atoms with E-state index in [9.17, 15) is 5.26 Å². The minimum atomic E-state index is 0.0987. The predicted molar refractivity (Wildman–Crippen MR) is 197 cm³/mol. The van der Waals surface area contributed by atoms with E-state index in [1.165, 1.54) is 75.9 Å². The lowest BCUT2D eigenvalue weighted by molar-refractivity contribution is 0.327. The average Bonchev–Trinajstić information content (AvgIpc) is 3.84. The number of rotatable bonds is 2. The maximum absolute atomic E-state index is 9.67. The van der Waals surface area contributed by atoms with Crippen molar-refractivity contribution in [3.8, 4) is 17.2 Å². The van der Waals surface area contributed by atoms with Gasteiger partial charge in [0, 0.05) is 39.5 Å². The number of anilines is 6. The molecule has 2 aliphatic heterocycles. The molecule has 0 radical (unpaired) electrons. The lowest BCUT2D eigenvalue weighted by atomic mass is 9.33. The van der Waals surface area contributed by atoms with Crippen molar-refractivity contribution in [1.82, 2.24) is 0 Å². The Kier molecular flexibility index (Phi) is 5.26. The van der Waals surface area contributed by atoms with Gasteiger partial charge in [0.2, 0.25) is 0 Å². The van der Waals surface area contributed by atoms with Crippen LogP contribution in [0.4, 0.5) is 34.1 Å². The standard InChI is InChI=1S/C44H32BN3/c46-27-28-18-21-32(22-19-28)48-41-16-8-15-40-43(41)45(37-13-6-7-14-39(37)47(40)31-9-2-1-3-10-31)38-25-36-34(24-42(38)48)33-11-4-5-12-35(33)44(36)26-29-17-20-30(44)23-29/h1-16,18-19,21-22,24-25,29-30H,17,20,23,26H2. The highest BCUT2D eigenvalue weighted by Gasteiger charge is 2.57. The van der Waals surface area contributed by atoms with Crippen molar-refractivity contribution in [3.63, 3.8) is 0 Å². The predicted octanol–water partition coefficient (Wildman–Crippen LogP) is 8.73. The fourth-order valence-electron chi connectivity index (χ4n) is 10.6. The van der Waals surface area contributed by atoms with E-state index in [0.29, 0.717) is 11.5 Å². The lowest BCUT2D eigenvalue weighted by Crippen LogP contribution is -2.61. The van der Waals surface area contributed by atoms with Crippen molar-refractivity contribution >= 4 is 57.2 Å².